The second-order valence-corrected chi connectivity index (χ2v) is 6.04. The summed E-state index contributed by atoms with van der Waals surface area (Å²) in [5.74, 6) is 2.92. The van der Waals surface area contributed by atoms with Crippen LogP contribution in [0, 0.1) is 6.92 Å². The van der Waals surface area contributed by atoms with E-state index in [0.29, 0.717) is 29.0 Å². The van der Waals surface area contributed by atoms with Crippen molar-refractivity contribution in [1.29, 1.82) is 0 Å². The molecule has 0 aliphatic carbocycles. The van der Waals surface area contributed by atoms with Gasteiger partial charge < -0.3 is 14.0 Å². The van der Waals surface area contributed by atoms with Crippen LogP contribution in [0.25, 0.3) is 11.4 Å². The van der Waals surface area contributed by atoms with Crippen molar-refractivity contribution in [3.63, 3.8) is 0 Å². The van der Waals surface area contributed by atoms with Crippen molar-refractivity contribution in [3.8, 4) is 22.9 Å². The van der Waals surface area contributed by atoms with Gasteiger partial charge in [-0.25, -0.2) is 4.98 Å². The van der Waals surface area contributed by atoms with Crippen molar-refractivity contribution in [2.75, 3.05) is 14.2 Å². The van der Waals surface area contributed by atoms with E-state index in [-0.39, 0.29) is 0 Å². The lowest BCUT2D eigenvalue weighted by atomic mass is 10.2. The van der Waals surface area contributed by atoms with Crippen LogP contribution in [0.15, 0.2) is 46.1 Å². The lowest BCUT2D eigenvalue weighted by Gasteiger charge is -2.07. The number of pyridine rings is 1. The summed E-state index contributed by atoms with van der Waals surface area (Å²) in [6, 6.07) is 9.47. The molecule has 0 aliphatic rings. The zero-order valence-corrected chi connectivity index (χ0v) is 14.5. The molecule has 1 aromatic carbocycles. The van der Waals surface area contributed by atoms with Gasteiger partial charge in [-0.3, -0.25) is 0 Å². The molecule has 124 valence electrons. The smallest absolute Gasteiger partial charge is 0.237 e. The van der Waals surface area contributed by atoms with Crippen LogP contribution >= 0.6 is 11.8 Å². The molecule has 6 nitrogen and oxygen atoms in total. The first-order chi connectivity index (χ1) is 11.7. The minimum atomic E-state index is 0.488. The Morgan fingerprint density at radius 2 is 2.00 bits per heavy atom. The highest BCUT2D eigenvalue weighted by molar-refractivity contribution is 7.98. The van der Waals surface area contributed by atoms with Crippen LogP contribution < -0.4 is 9.47 Å². The van der Waals surface area contributed by atoms with E-state index in [1.807, 2.05) is 37.4 Å². The highest BCUT2D eigenvalue weighted by Gasteiger charge is 2.14. The summed E-state index contributed by atoms with van der Waals surface area (Å²) >= 11 is 1.55. The first-order valence-electron chi connectivity index (χ1n) is 7.30. The minimum absolute atomic E-state index is 0.488. The number of nitrogens with zero attached hydrogens (tertiary/aromatic N) is 3. The number of rotatable bonds is 6. The van der Waals surface area contributed by atoms with E-state index < -0.39 is 0 Å². The molecule has 0 fully saturated rings. The zero-order valence-electron chi connectivity index (χ0n) is 13.6. The number of aromatic nitrogens is 3. The van der Waals surface area contributed by atoms with E-state index in [1.165, 1.54) is 0 Å². The first kappa shape index (κ1) is 16.3. The summed E-state index contributed by atoms with van der Waals surface area (Å²) in [6.45, 7) is 2.01. The lowest BCUT2D eigenvalue weighted by Crippen LogP contribution is -1.91. The van der Waals surface area contributed by atoms with Gasteiger partial charge in [0.25, 0.3) is 0 Å². The van der Waals surface area contributed by atoms with Crippen molar-refractivity contribution in [2.45, 2.75) is 17.7 Å². The summed E-state index contributed by atoms with van der Waals surface area (Å²) in [6.07, 6.45) is 1.84. The van der Waals surface area contributed by atoms with Crippen LogP contribution in [0.2, 0.25) is 0 Å². The molecule has 3 aromatic rings. The van der Waals surface area contributed by atoms with E-state index in [4.69, 9.17) is 14.0 Å². The van der Waals surface area contributed by atoms with Gasteiger partial charge in [0, 0.05) is 12.3 Å². The number of methoxy groups -OCH3 is 2. The summed E-state index contributed by atoms with van der Waals surface area (Å²) in [7, 11) is 3.20. The van der Waals surface area contributed by atoms with E-state index in [9.17, 15) is 0 Å². The zero-order chi connectivity index (χ0) is 16.9. The van der Waals surface area contributed by atoms with Crippen molar-refractivity contribution >= 4 is 11.8 Å². The largest absolute Gasteiger partial charge is 0.497 e. The van der Waals surface area contributed by atoms with Crippen molar-refractivity contribution in [3.05, 3.63) is 48.0 Å². The number of hydrogen-bond donors (Lipinski definition) is 0. The Balaban J connectivity index is 1.74. The molecule has 0 unspecified atom stereocenters. The number of hydrogen-bond acceptors (Lipinski definition) is 7. The molecule has 2 heterocycles. The van der Waals surface area contributed by atoms with Crippen LogP contribution in [-0.2, 0) is 5.75 Å². The third kappa shape index (κ3) is 3.68. The molecule has 0 aliphatic heterocycles. The third-order valence-corrected chi connectivity index (χ3v) is 4.27. The number of ether oxygens (including phenoxy) is 2. The first-order valence-corrected chi connectivity index (χ1v) is 8.28. The third-order valence-electron chi connectivity index (χ3n) is 3.35. The average Bonchev–Trinajstić information content (AvgIpc) is 3.09. The summed E-state index contributed by atoms with van der Waals surface area (Å²) in [4.78, 5) is 8.77. The van der Waals surface area contributed by atoms with Crippen molar-refractivity contribution in [1.82, 2.24) is 15.1 Å². The molecule has 0 radical (unpaired) electrons. The number of aryl methyl sites for hydroxylation is 1. The van der Waals surface area contributed by atoms with Crippen molar-refractivity contribution < 1.29 is 14.0 Å². The second kappa shape index (κ2) is 7.35. The minimum Gasteiger partial charge on any atom is -0.497 e. The fourth-order valence-electron chi connectivity index (χ4n) is 2.08. The van der Waals surface area contributed by atoms with Gasteiger partial charge in [-0.1, -0.05) is 23.0 Å². The van der Waals surface area contributed by atoms with Gasteiger partial charge in [0.05, 0.1) is 30.6 Å². The van der Waals surface area contributed by atoms with Crippen LogP contribution in [0.3, 0.4) is 0 Å². The highest BCUT2D eigenvalue weighted by Crippen LogP contribution is 2.32. The predicted octanol–water partition coefficient (Wildman–Crippen LogP) is 3.75. The molecule has 0 saturated heterocycles. The summed E-state index contributed by atoms with van der Waals surface area (Å²) in [5, 5.41) is 4.96. The molecule has 0 saturated carbocycles. The van der Waals surface area contributed by atoms with Crippen molar-refractivity contribution in [2.24, 2.45) is 0 Å². The van der Waals surface area contributed by atoms with Crippen LogP contribution in [0.5, 0.6) is 11.5 Å². The molecule has 7 heteroatoms. The predicted molar refractivity (Wildman–Crippen MR) is 91.4 cm³/mol. The lowest BCUT2D eigenvalue weighted by molar-refractivity contribution is 0.388. The maximum Gasteiger partial charge on any atom is 0.237 e. The molecule has 0 N–H and O–H groups in total. The maximum atomic E-state index is 5.38. The number of benzene rings is 1. The standard InChI is InChI=1S/C17H17N3O3S/c1-11-4-7-16(18-9-11)24-10-15-19-17(20-23-15)13-6-5-12(21-2)8-14(13)22-3/h4-9H,10H2,1-3H3. The Labute approximate surface area is 144 Å². The van der Waals surface area contributed by atoms with Gasteiger partial charge in [-0.15, -0.1) is 0 Å². The Morgan fingerprint density at radius 1 is 1.12 bits per heavy atom. The Bertz CT molecular complexity index is 818. The highest BCUT2D eigenvalue weighted by atomic mass is 32.2. The molecular formula is C17H17N3O3S. The monoisotopic (exact) mass is 343 g/mol. The Hall–Kier alpha value is -2.54. The molecular weight excluding hydrogens is 326 g/mol. The van der Waals surface area contributed by atoms with Gasteiger partial charge >= 0.3 is 0 Å². The maximum absolute atomic E-state index is 5.38. The molecule has 0 spiro atoms. The van der Waals surface area contributed by atoms with E-state index >= 15 is 0 Å². The molecule has 24 heavy (non-hydrogen) atoms. The van der Waals surface area contributed by atoms with E-state index in [2.05, 4.69) is 15.1 Å². The summed E-state index contributed by atoms with van der Waals surface area (Å²) in [5.41, 5.74) is 1.89. The molecule has 2 aromatic heterocycles. The molecule has 0 atom stereocenters. The summed E-state index contributed by atoms with van der Waals surface area (Å²) < 4.78 is 15.9. The van der Waals surface area contributed by atoms with Gasteiger partial charge in [-0.2, -0.15) is 4.98 Å². The Morgan fingerprint density at radius 3 is 2.71 bits per heavy atom. The van der Waals surface area contributed by atoms with Gasteiger partial charge in [0.15, 0.2) is 0 Å². The molecule has 3 rings (SSSR count). The van der Waals surface area contributed by atoms with E-state index in [1.54, 1.807) is 32.0 Å². The van der Waals surface area contributed by atoms with Crippen LogP contribution in [-0.4, -0.2) is 29.3 Å². The number of thioether (sulfide) groups is 1. The average molecular weight is 343 g/mol. The normalized spacial score (nSPS) is 10.6. The Kier molecular flexibility index (Phi) is 5.00. The second-order valence-electron chi connectivity index (χ2n) is 5.04. The van der Waals surface area contributed by atoms with Gasteiger partial charge in [0.1, 0.15) is 11.5 Å². The fraction of sp³-hybridized carbons (Fsp3) is 0.235. The quantitative estimate of drug-likeness (QED) is 0.631. The fourth-order valence-corrected chi connectivity index (χ4v) is 2.76. The van der Waals surface area contributed by atoms with Crippen LogP contribution in [0.1, 0.15) is 11.5 Å². The molecule has 0 amide bonds. The van der Waals surface area contributed by atoms with Crippen LogP contribution in [0.4, 0.5) is 0 Å². The SMILES string of the molecule is COc1ccc(-c2noc(CSc3ccc(C)cn3)n2)c(OC)c1. The van der Waals surface area contributed by atoms with Gasteiger partial charge in [0.2, 0.25) is 11.7 Å². The van der Waals surface area contributed by atoms with E-state index in [0.717, 1.165) is 16.2 Å². The molecule has 0 bridgehead atoms. The van der Waals surface area contributed by atoms with Gasteiger partial charge in [-0.05, 0) is 30.7 Å². The topological polar surface area (TPSA) is 70.3 Å².